The van der Waals surface area contributed by atoms with Crippen molar-refractivity contribution in [3.63, 3.8) is 0 Å². The van der Waals surface area contributed by atoms with E-state index in [1.54, 1.807) is 32.5 Å². The van der Waals surface area contributed by atoms with Crippen LogP contribution in [-0.4, -0.2) is 66.5 Å². The van der Waals surface area contributed by atoms with Gasteiger partial charge in [0.2, 0.25) is 10.0 Å². The second-order valence-corrected chi connectivity index (χ2v) is 10.4. The number of piperidine rings is 1. The van der Waals surface area contributed by atoms with Crippen LogP contribution in [-0.2, 0) is 16.2 Å². The molecule has 12 heteroatoms. The molecule has 1 aliphatic heterocycles. The van der Waals surface area contributed by atoms with Crippen molar-refractivity contribution in [2.75, 3.05) is 27.2 Å². The molecule has 36 heavy (non-hydrogen) atoms. The summed E-state index contributed by atoms with van der Waals surface area (Å²) in [6.07, 6.45) is -0.900. The SMILES string of the molecule is COc1ccc(-c2cn(C(=O)N(C)C3CCN(S(=O)(=O)c4cccc(C(F)(F)F)c4)CC3)cn2)cc1. The first kappa shape index (κ1) is 25.7. The standard InChI is InChI=1S/C24H25F3N4O4S/c1-29(23(32)30-15-22(28-16-30)17-6-8-20(35-2)9-7-17)19-10-12-31(13-11-19)36(33,34)21-5-3-4-18(14-21)24(25,26)27/h3-9,14-16,19H,10-13H2,1-2H3. The third-order valence-corrected chi connectivity index (χ3v) is 8.16. The molecular formula is C24H25F3N4O4S. The molecule has 4 rings (SSSR count). The van der Waals surface area contributed by atoms with Gasteiger partial charge in [-0.2, -0.15) is 17.5 Å². The van der Waals surface area contributed by atoms with Crippen molar-refractivity contribution in [1.82, 2.24) is 18.8 Å². The smallest absolute Gasteiger partial charge is 0.416 e. The molecule has 1 amide bonds. The number of sulfonamides is 1. The molecule has 0 atom stereocenters. The highest BCUT2D eigenvalue weighted by atomic mass is 32.2. The number of hydrogen-bond donors (Lipinski definition) is 0. The Kier molecular flexibility index (Phi) is 7.10. The lowest BCUT2D eigenvalue weighted by molar-refractivity contribution is -0.137. The highest BCUT2D eigenvalue weighted by Gasteiger charge is 2.35. The van der Waals surface area contributed by atoms with Crippen LogP contribution in [0.15, 0.2) is 66.0 Å². The largest absolute Gasteiger partial charge is 0.497 e. The Morgan fingerprint density at radius 3 is 2.39 bits per heavy atom. The average Bonchev–Trinajstić information content (AvgIpc) is 3.38. The van der Waals surface area contributed by atoms with Crippen LogP contribution in [0.1, 0.15) is 18.4 Å². The van der Waals surface area contributed by atoms with E-state index < -0.39 is 26.7 Å². The first-order chi connectivity index (χ1) is 17.0. The van der Waals surface area contributed by atoms with E-state index in [0.29, 0.717) is 30.4 Å². The Morgan fingerprint density at radius 1 is 1.11 bits per heavy atom. The van der Waals surface area contributed by atoms with Gasteiger partial charge < -0.3 is 9.64 Å². The number of methoxy groups -OCH3 is 1. The Morgan fingerprint density at radius 2 is 1.78 bits per heavy atom. The Bertz CT molecular complexity index is 1330. The number of nitrogens with zero attached hydrogens (tertiary/aromatic N) is 4. The van der Waals surface area contributed by atoms with Crippen molar-refractivity contribution < 1.29 is 31.1 Å². The van der Waals surface area contributed by atoms with Crippen LogP contribution >= 0.6 is 0 Å². The van der Waals surface area contributed by atoms with E-state index in [2.05, 4.69) is 4.98 Å². The topological polar surface area (TPSA) is 84.7 Å². The number of carbonyl (C=O) groups excluding carboxylic acids is 1. The zero-order valence-electron chi connectivity index (χ0n) is 19.6. The van der Waals surface area contributed by atoms with Crippen LogP contribution in [0, 0.1) is 0 Å². The molecule has 3 aromatic rings. The summed E-state index contributed by atoms with van der Waals surface area (Å²) in [6.45, 7) is 0.170. The van der Waals surface area contributed by atoms with Crippen LogP contribution in [0.2, 0.25) is 0 Å². The van der Waals surface area contributed by atoms with Crippen molar-refractivity contribution in [3.05, 3.63) is 66.6 Å². The monoisotopic (exact) mass is 522 g/mol. The number of halogens is 3. The van der Waals surface area contributed by atoms with Gasteiger partial charge in [0.1, 0.15) is 12.1 Å². The summed E-state index contributed by atoms with van der Waals surface area (Å²) < 4.78 is 72.6. The quantitative estimate of drug-likeness (QED) is 0.498. The minimum absolute atomic E-state index is 0.0852. The lowest BCUT2D eigenvalue weighted by Gasteiger charge is -2.36. The van der Waals surface area contributed by atoms with Crippen molar-refractivity contribution in [2.24, 2.45) is 0 Å². The number of alkyl halides is 3. The zero-order valence-corrected chi connectivity index (χ0v) is 20.5. The molecular weight excluding hydrogens is 497 g/mol. The second kappa shape index (κ2) is 9.94. The van der Waals surface area contributed by atoms with Crippen LogP contribution in [0.4, 0.5) is 18.0 Å². The van der Waals surface area contributed by atoms with E-state index in [9.17, 15) is 26.4 Å². The van der Waals surface area contributed by atoms with Crippen LogP contribution in [0.5, 0.6) is 5.75 Å². The Hall–Kier alpha value is -3.38. The molecule has 1 aromatic heterocycles. The van der Waals surface area contributed by atoms with Gasteiger partial charge in [-0.1, -0.05) is 6.07 Å². The highest BCUT2D eigenvalue weighted by Crippen LogP contribution is 2.32. The first-order valence-electron chi connectivity index (χ1n) is 11.1. The molecule has 1 fully saturated rings. The average molecular weight is 523 g/mol. The Labute approximate surface area is 207 Å². The number of rotatable bonds is 5. The predicted octanol–water partition coefficient (Wildman–Crippen LogP) is 4.33. The van der Waals surface area contributed by atoms with Crippen molar-refractivity contribution >= 4 is 16.1 Å². The number of aromatic nitrogens is 2. The second-order valence-electron chi connectivity index (χ2n) is 8.45. The fourth-order valence-electron chi connectivity index (χ4n) is 4.13. The number of carbonyl (C=O) groups is 1. The summed E-state index contributed by atoms with van der Waals surface area (Å²) in [5, 5.41) is 0. The predicted molar refractivity (Wildman–Crippen MR) is 126 cm³/mol. The van der Waals surface area contributed by atoms with Gasteiger partial charge in [0.05, 0.1) is 23.3 Å². The fourth-order valence-corrected chi connectivity index (χ4v) is 5.64. The lowest BCUT2D eigenvalue weighted by atomic mass is 10.1. The molecule has 0 saturated carbocycles. The molecule has 0 N–H and O–H groups in total. The maximum absolute atomic E-state index is 13.0. The van der Waals surface area contributed by atoms with Crippen molar-refractivity contribution in [2.45, 2.75) is 30.0 Å². The van der Waals surface area contributed by atoms with Gasteiger partial charge in [0, 0.05) is 37.9 Å². The van der Waals surface area contributed by atoms with E-state index in [-0.39, 0.29) is 25.2 Å². The van der Waals surface area contributed by atoms with Crippen molar-refractivity contribution in [1.29, 1.82) is 0 Å². The maximum atomic E-state index is 13.0. The number of benzene rings is 2. The van der Waals surface area contributed by atoms with Gasteiger partial charge in [-0.05, 0) is 55.3 Å². The highest BCUT2D eigenvalue weighted by molar-refractivity contribution is 7.89. The Balaban J connectivity index is 1.40. The van der Waals surface area contributed by atoms with Gasteiger partial charge in [-0.25, -0.2) is 18.2 Å². The molecule has 0 unspecified atom stereocenters. The lowest BCUT2D eigenvalue weighted by Crippen LogP contribution is -2.48. The molecule has 192 valence electrons. The molecule has 1 saturated heterocycles. The van der Waals surface area contributed by atoms with Crippen LogP contribution in [0.25, 0.3) is 11.3 Å². The first-order valence-corrected chi connectivity index (χ1v) is 12.6. The molecule has 0 radical (unpaired) electrons. The molecule has 2 aromatic carbocycles. The fraction of sp³-hybridized carbons (Fsp3) is 0.333. The molecule has 2 heterocycles. The van der Waals surface area contributed by atoms with Crippen LogP contribution < -0.4 is 4.74 Å². The van der Waals surface area contributed by atoms with Gasteiger partial charge in [-0.3, -0.25) is 4.57 Å². The summed E-state index contributed by atoms with van der Waals surface area (Å²) in [5.74, 6) is 0.704. The number of amides is 1. The van der Waals surface area contributed by atoms with E-state index in [1.165, 1.54) is 15.8 Å². The number of ether oxygens (including phenoxy) is 1. The van der Waals surface area contributed by atoms with Gasteiger partial charge in [0.15, 0.2) is 0 Å². The minimum Gasteiger partial charge on any atom is -0.497 e. The minimum atomic E-state index is -4.64. The van der Waals surface area contributed by atoms with Crippen LogP contribution in [0.3, 0.4) is 0 Å². The molecule has 0 aliphatic carbocycles. The summed E-state index contributed by atoms with van der Waals surface area (Å²) in [6, 6.07) is 10.4. The molecule has 8 nitrogen and oxygen atoms in total. The van der Waals surface area contributed by atoms with E-state index >= 15 is 0 Å². The van der Waals surface area contributed by atoms with Gasteiger partial charge in [0.25, 0.3) is 0 Å². The molecule has 1 aliphatic rings. The van der Waals surface area contributed by atoms with Gasteiger partial charge in [-0.15, -0.1) is 0 Å². The summed E-state index contributed by atoms with van der Waals surface area (Å²) in [7, 11) is -0.884. The summed E-state index contributed by atoms with van der Waals surface area (Å²) >= 11 is 0. The van der Waals surface area contributed by atoms with E-state index in [1.807, 2.05) is 12.1 Å². The molecule has 0 bridgehead atoms. The number of imidazole rings is 1. The van der Waals surface area contributed by atoms with Gasteiger partial charge >= 0.3 is 12.2 Å². The number of hydrogen-bond acceptors (Lipinski definition) is 5. The summed E-state index contributed by atoms with van der Waals surface area (Å²) in [4.78, 5) is 18.4. The zero-order chi connectivity index (χ0) is 26.1. The van der Waals surface area contributed by atoms with Crippen molar-refractivity contribution in [3.8, 4) is 17.0 Å². The van der Waals surface area contributed by atoms with E-state index in [4.69, 9.17) is 4.74 Å². The normalized spacial score (nSPS) is 15.6. The molecule has 0 spiro atoms. The third-order valence-electron chi connectivity index (χ3n) is 6.26. The third kappa shape index (κ3) is 5.24. The maximum Gasteiger partial charge on any atom is 0.416 e. The summed E-state index contributed by atoms with van der Waals surface area (Å²) in [5.41, 5.74) is 0.414. The van der Waals surface area contributed by atoms with E-state index in [0.717, 1.165) is 28.1 Å².